The van der Waals surface area contributed by atoms with E-state index in [9.17, 15) is 18.5 Å². The fraction of sp³-hybridized carbons (Fsp3) is 0.231. The van der Waals surface area contributed by atoms with Crippen molar-refractivity contribution in [2.75, 3.05) is 6.54 Å². The largest absolute Gasteiger partial charge is 0.472 e. The lowest BCUT2D eigenvalue weighted by Crippen LogP contribution is -2.26. The molecule has 2 rings (SSSR count). The van der Waals surface area contributed by atoms with Crippen LogP contribution in [0.1, 0.15) is 11.1 Å². The van der Waals surface area contributed by atoms with Crippen molar-refractivity contribution in [3.05, 3.63) is 58.0 Å². The number of nitrogens with zero attached hydrogens (tertiary/aromatic N) is 1. The first-order chi connectivity index (χ1) is 9.90. The van der Waals surface area contributed by atoms with Crippen LogP contribution in [0.25, 0.3) is 0 Å². The number of hydrogen-bond acceptors (Lipinski definition) is 5. The number of sulfonamides is 1. The number of nitrogens with one attached hydrogen (secondary N) is 1. The molecule has 0 aliphatic heterocycles. The van der Waals surface area contributed by atoms with Gasteiger partial charge in [0, 0.05) is 18.7 Å². The minimum atomic E-state index is -3.79. The van der Waals surface area contributed by atoms with E-state index in [1.165, 1.54) is 24.7 Å². The van der Waals surface area contributed by atoms with E-state index in [0.29, 0.717) is 12.0 Å². The number of nitro benzene ring substituents is 1. The van der Waals surface area contributed by atoms with Gasteiger partial charge in [0.2, 0.25) is 10.0 Å². The highest BCUT2D eigenvalue weighted by Crippen LogP contribution is 2.21. The van der Waals surface area contributed by atoms with E-state index >= 15 is 0 Å². The van der Waals surface area contributed by atoms with Crippen molar-refractivity contribution >= 4 is 15.7 Å². The van der Waals surface area contributed by atoms with Crippen molar-refractivity contribution in [3.63, 3.8) is 0 Å². The second-order valence-corrected chi connectivity index (χ2v) is 6.22. The Balaban J connectivity index is 2.15. The Bertz CT molecular complexity index is 738. The number of non-ortho nitro benzene ring substituents is 1. The van der Waals surface area contributed by atoms with Crippen LogP contribution in [0.4, 0.5) is 5.69 Å². The Labute approximate surface area is 121 Å². The molecule has 0 amide bonds. The zero-order chi connectivity index (χ0) is 15.5. The molecule has 0 aliphatic rings. The smallest absolute Gasteiger partial charge is 0.270 e. The van der Waals surface area contributed by atoms with Gasteiger partial charge in [-0.1, -0.05) is 6.07 Å². The van der Waals surface area contributed by atoms with Gasteiger partial charge in [-0.2, -0.15) is 0 Å². The van der Waals surface area contributed by atoms with Gasteiger partial charge in [-0.15, -0.1) is 0 Å². The molecule has 0 atom stereocenters. The summed E-state index contributed by atoms with van der Waals surface area (Å²) in [5, 5.41) is 10.7. The Hall–Kier alpha value is -2.19. The Morgan fingerprint density at radius 1 is 1.33 bits per heavy atom. The molecule has 0 radical (unpaired) electrons. The van der Waals surface area contributed by atoms with Gasteiger partial charge < -0.3 is 4.42 Å². The fourth-order valence-electron chi connectivity index (χ4n) is 1.83. The predicted octanol–water partition coefficient (Wildman–Crippen LogP) is 2.02. The minimum absolute atomic E-state index is 0.0797. The molecular formula is C13H14N2O5S. The topological polar surface area (TPSA) is 102 Å². The third kappa shape index (κ3) is 3.67. The highest BCUT2D eigenvalue weighted by atomic mass is 32.2. The van der Waals surface area contributed by atoms with Gasteiger partial charge in [0.1, 0.15) is 0 Å². The average molecular weight is 310 g/mol. The van der Waals surface area contributed by atoms with Gasteiger partial charge in [0.15, 0.2) is 0 Å². The van der Waals surface area contributed by atoms with Crippen LogP contribution in [0, 0.1) is 17.0 Å². The summed E-state index contributed by atoms with van der Waals surface area (Å²) in [6.07, 6.45) is 3.52. The second kappa shape index (κ2) is 6.06. The number of nitro groups is 1. The summed E-state index contributed by atoms with van der Waals surface area (Å²) in [4.78, 5) is 10.0. The standard InChI is InChI=1S/C13H14N2O5S/c1-10-2-3-12(15(16)17)8-13(10)21(18,19)14-6-4-11-5-7-20-9-11/h2-3,5,7-9,14H,4,6H2,1H3. The van der Waals surface area contributed by atoms with E-state index in [1.807, 2.05) is 0 Å². The normalized spacial score (nSPS) is 11.5. The van der Waals surface area contributed by atoms with Crippen LogP contribution in [-0.2, 0) is 16.4 Å². The van der Waals surface area contributed by atoms with Crippen molar-refractivity contribution < 1.29 is 17.8 Å². The molecule has 0 saturated carbocycles. The Kier molecular flexibility index (Phi) is 4.39. The van der Waals surface area contributed by atoms with Crippen molar-refractivity contribution in [1.82, 2.24) is 4.72 Å². The van der Waals surface area contributed by atoms with E-state index in [4.69, 9.17) is 4.42 Å². The summed E-state index contributed by atoms with van der Waals surface area (Å²) in [5.41, 5.74) is 1.07. The molecule has 8 heteroatoms. The lowest BCUT2D eigenvalue weighted by Gasteiger charge is -2.08. The molecular weight excluding hydrogens is 296 g/mol. The molecule has 1 N–H and O–H groups in total. The molecule has 1 aromatic carbocycles. The molecule has 7 nitrogen and oxygen atoms in total. The van der Waals surface area contributed by atoms with Crippen LogP contribution in [0.2, 0.25) is 0 Å². The van der Waals surface area contributed by atoms with E-state index in [0.717, 1.165) is 11.6 Å². The molecule has 1 heterocycles. The molecule has 112 valence electrons. The number of aryl methyl sites for hydroxylation is 1. The number of benzene rings is 1. The number of hydrogen-bond donors (Lipinski definition) is 1. The van der Waals surface area contributed by atoms with E-state index < -0.39 is 14.9 Å². The van der Waals surface area contributed by atoms with Crippen LogP contribution in [0.3, 0.4) is 0 Å². The molecule has 0 saturated heterocycles. The fourth-order valence-corrected chi connectivity index (χ4v) is 3.13. The Morgan fingerprint density at radius 3 is 2.71 bits per heavy atom. The summed E-state index contributed by atoms with van der Waals surface area (Å²) in [6.45, 7) is 1.78. The maximum absolute atomic E-state index is 12.2. The molecule has 0 unspecified atom stereocenters. The molecule has 0 fully saturated rings. The van der Waals surface area contributed by atoms with Crippen molar-refractivity contribution in [2.45, 2.75) is 18.2 Å². The average Bonchev–Trinajstić information content (AvgIpc) is 2.91. The highest BCUT2D eigenvalue weighted by Gasteiger charge is 2.20. The molecule has 0 bridgehead atoms. The summed E-state index contributed by atoms with van der Waals surface area (Å²) >= 11 is 0. The maximum Gasteiger partial charge on any atom is 0.270 e. The van der Waals surface area contributed by atoms with Crippen molar-refractivity contribution in [3.8, 4) is 0 Å². The van der Waals surface area contributed by atoms with Crippen LogP contribution >= 0.6 is 0 Å². The molecule has 2 aromatic rings. The lowest BCUT2D eigenvalue weighted by molar-refractivity contribution is -0.385. The maximum atomic E-state index is 12.2. The van der Waals surface area contributed by atoms with Gasteiger partial charge in [-0.05, 0) is 30.5 Å². The van der Waals surface area contributed by atoms with Gasteiger partial charge in [0.25, 0.3) is 5.69 Å². The predicted molar refractivity (Wildman–Crippen MR) is 75.4 cm³/mol. The van der Waals surface area contributed by atoms with Crippen molar-refractivity contribution in [1.29, 1.82) is 0 Å². The molecule has 1 aromatic heterocycles. The molecule has 0 aliphatic carbocycles. The van der Waals surface area contributed by atoms with Crippen LogP contribution in [0.15, 0.2) is 46.1 Å². The third-order valence-corrected chi connectivity index (χ3v) is 4.56. The zero-order valence-corrected chi connectivity index (χ0v) is 12.1. The summed E-state index contributed by atoms with van der Waals surface area (Å²) < 4.78 is 31.7. The van der Waals surface area contributed by atoms with Gasteiger partial charge in [-0.25, -0.2) is 13.1 Å². The molecule has 0 spiro atoms. The quantitative estimate of drug-likeness (QED) is 0.649. The Morgan fingerprint density at radius 2 is 2.10 bits per heavy atom. The van der Waals surface area contributed by atoms with Crippen LogP contribution in [0.5, 0.6) is 0 Å². The van der Waals surface area contributed by atoms with Crippen molar-refractivity contribution in [2.24, 2.45) is 0 Å². The highest BCUT2D eigenvalue weighted by molar-refractivity contribution is 7.89. The van der Waals surface area contributed by atoms with E-state index in [1.54, 1.807) is 13.0 Å². The minimum Gasteiger partial charge on any atom is -0.472 e. The van der Waals surface area contributed by atoms with Crippen LogP contribution < -0.4 is 4.72 Å². The van der Waals surface area contributed by atoms with Gasteiger partial charge in [0.05, 0.1) is 22.3 Å². The van der Waals surface area contributed by atoms with E-state index in [2.05, 4.69) is 4.72 Å². The van der Waals surface area contributed by atoms with Crippen LogP contribution in [-0.4, -0.2) is 19.9 Å². The summed E-state index contributed by atoms with van der Waals surface area (Å²) in [7, 11) is -3.79. The first kappa shape index (κ1) is 15.2. The first-order valence-corrected chi connectivity index (χ1v) is 7.64. The molecule has 21 heavy (non-hydrogen) atoms. The van der Waals surface area contributed by atoms with Gasteiger partial charge in [-0.3, -0.25) is 10.1 Å². The summed E-state index contributed by atoms with van der Waals surface area (Å²) in [6, 6.07) is 5.50. The zero-order valence-electron chi connectivity index (χ0n) is 11.3. The third-order valence-electron chi connectivity index (χ3n) is 2.96. The van der Waals surface area contributed by atoms with E-state index in [-0.39, 0.29) is 17.1 Å². The second-order valence-electron chi connectivity index (χ2n) is 4.49. The SMILES string of the molecule is Cc1ccc([N+](=O)[O-])cc1S(=O)(=O)NCCc1ccoc1. The lowest BCUT2D eigenvalue weighted by atomic mass is 10.2. The monoisotopic (exact) mass is 310 g/mol. The van der Waals surface area contributed by atoms with Gasteiger partial charge >= 0.3 is 0 Å². The number of furan rings is 1. The first-order valence-electron chi connectivity index (χ1n) is 6.16. The summed E-state index contributed by atoms with van der Waals surface area (Å²) in [5.74, 6) is 0. The number of rotatable bonds is 6.